The topological polar surface area (TPSA) is 71.5 Å². The van der Waals surface area contributed by atoms with Crippen LogP contribution in [0.3, 0.4) is 0 Å². The van der Waals surface area contributed by atoms with Crippen molar-refractivity contribution in [2.24, 2.45) is 5.41 Å². The molecule has 1 saturated carbocycles. The van der Waals surface area contributed by atoms with Gasteiger partial charge in [0.05, 0.1) is 29.3 Å². The third kappa shape index (κ3) is 2.55. The lowest BCUT2D eigenvalue weighted by Crippen LogP contribution is -2.44. The number of benzene rings is 1. The Morgan fingerprint density at radius 1 is 1.30 bits per heavy atom. The van der Waals surface area contributed by atoms with Crippen molar-refractivity contribution in [3.05, 3.63) is 58.6 Å². The van der Waals surface area contributed by atoms with E-state index in [0.29, 0.717) is 5.56 Å². The first-order chi connectivity index (χ1) is 14.1. The number of hydrogen-bond acceptors (Lipinski definition) is 4. The molecule has 2 saturated heterocycles. The van der Waals surface area contributed by atoms with Crippen LogP contribution in [0.1, 0.15) is 24.0 Å². The number of ether oxygens (including phenoxy) is 1. The van der Waals surface area contributed by atoms with E-state index in [2.05, 4.69) is 10.3 Å². The lowest BCUT2D eigenvalue weighted by molar-refractivity contribution is -0.137. The first-order valence-electron chi connectivity index (χ1n) is 9.23. The van der Waals surface area contributed by atoms with Gasteiger partial charge in [-0.25, -0.2) is 4.98 Å². The summed E-state index contributed by atoms with van der Waals surface area (Å²) < 4.78 is 58.9. The van der Waals surface area contributed by atoms with Gasteiger partial charge in [-0.3, -0.25) is 4.79 Å². The van der Waals surface area contributed by atoms with E-state index in [1.165, 1.54) is 18.3 Å². The summed E-state index contributed by atoms with van der Waals surface area (Å²) in [5.41, 5.74) is -2.70. The van der Waals surface area contributed by atoms with Crippen LogP contribution < -0.4 is 5.32 Å². The lowest BCUT2D eigenvalue weighted by Gasteiger charge is -2.29. The summed E-state index contributed by atoms with van der Waals surface area (Å²) in [6.45, 7) is 0. The molecule has 5 unspecified atom stereocenters. The monoisotopic (exact) mass is 442 g/mol. The number of amides is 1. The number of nitrogens with one attached hydrogen (secondary N) is 1. The molecule has 0 radical (unpaired) electrons. The second-order valence-electron chi connectivity index (χ2n) is 8.02. The van der Waals surface area contributed by atoms with Crippen LogP contribution in [0.2, 0.25) is 5.02 Å². The Bertz CT molecular complexity index is 1060. The van der Waals surface area contributed by atoms with E-state index >= 15 is 0 Å². The van der Waals surface area contributed by atoms with E-state index in [9.17, 15) is 27.5 Å². The lowest BCUT2D eigenvalue weighted by atomic mass is 9.74. The minimum atomic E-state index is -4.62. The van der Waals surface area contributed by atoms with Gasteiger partial charge < -0.3 is 15.2 Å². The standard InChI is InChI=1S/C20H15ClF4N2O3/c21-11-3-10(20(23,24)25)4-12(6-11)27-17(29)19-8-18(19,9-1-2-26-15(22)5-9)16-13(28)7-14(19)30-16/h1-6,13-14,16,28H,7-8H2,(H,27,29). The van der Waals surface area contributed by atoms with Crippen molar-refractivity contribution >= 4 is 23.2 Å². The summed E-state index contributed by atoms with van der Waals surface area (Å²) in [7, 11) is 0. The Kier molecular flexibility index (Phi) is 4.04. The third-order valence-electron chi connectivity index (χ3n) is 6.51. The minimum Gasteiger partial charge on any atom is -0.390 e. The first kappa shape index (κ1) is 19.7. The number of pyridine rings is 1. The van der Waals surface area contributed by atoms with Crippen molar-refractivity contribution in [1.82, 2.24) is 4.98 Å². The third-order valence-corrected chi connectivity index (χ3v) is 6.73. The number of halogens is 5. The van der Waals surface area contributed by atoms with Crippen LogP contribution >= 0.6 is 11.6 Å². The van der Waals surface area contributed by atoms with Crippen LogP contribution in [-0.2, 0) is 21.1 Å². The second-order valence-corrected chi connectivity index (χ2v) is 8.45. The van der Waals surface area contributed by atoms with E-state index in [0.717, 1.165) is 12.1 Å². The molecule has 5 nitrogen and oxygen atoms in total. The van der Waals surface area contributed by atoms with E-state index < -0.39 is 52.7 Å². The number of rotatable bonds is 3. The number of alkyl halides is 3. The molecule has 1 aromatic carbocycles. The molecule has 3 aliphatic rings. The highest BCUT2D eigenvalue weighted by atomic mass is 35.5. The number of aromatic nitrogens is 1. The fourth-order valence-electron chi connectivity index (χ4n) is 5.28. The fourth-order valence-corrected chi connectivity index (χ4v) is 5.52. The molecule has 10 heteroatoms. The highest BCUT2D eigenvalue weighted by molar-refractivity contribution is 6.31. The molecule has 158 valence electrons. The van der Waals surface area contributed by atoms with Crippen molar-refractivity contribution in [1.29, 1.82) is 0 Å². The molecule has 0 spiro atoms. The molecule has 2 aromatic rings. The molecule has 30 heavy (non-hydrogen) atoms. The van der Waals surface area contributed by atoms with Crippen molar-refractivity contribution in [3.63, 3.8) is 0 Å². The largest absolute Gasteiger partial charge is 0.416 e. The van der Waals surface area contributed by atoms with Gasteiger partial charge in [0.25, 0.3) is 0 Å². The number of nitrogens with zero attached hydrogens (tertiary/aromatic N) is 1. The van der Waals surface area contributed by atoms with E-state index in [4.69, 9.17) is 16.3 Å². The molecule has 3 fully saturated rings. The van der Waals surface area contributed by atoms with Gasteiger partial charge in [-0.15, -0.1) is 0 Å². The normalized spacial score (nSPS) is 34.0. The molecule has 1 amide bonds. The highest BCUT2D eigenvalue weighted by Crippen LogP contribution is 2.77. The van der Waals surface area contributed by atoms with Crippen LogP contribution in [-0.4, -0.2) is 34.3 Å². The van der Waals surface area contributed by atoms with Crippen molar-refractivity contribution in [2.75, 3.05) is 5.32 Å². The number of carbonyl (C=O) groups excluding carboxylic acids is 1. The highest BCUT2D eigenvalue weighted by Gasteiger charge is 2.87. The predicted octanol–water partition coefficient (Wildman–Crippen LogP) is 3.69. The Morgan fingerprint density at radius 2 is 2.07 bits per heavy atom. The summed E-state index contributed by atoms with van der Waals surface area (Å²) in [6.07, 6.45) is -5.01. The zero-order chi connectivity index (χ0) is 21.5. The smallest absolute Gasteiger partial charge is 0.390 e. The maximum Gasteiger partial charge on any atom is 0.416 e. The number of fused-ring (bicyclic) bond motifs is 5. The molecule has 2 bridgehead atoms. The van der Waals surface area contributed by atoms with Crippen molar-refractivity contribution in [2.45, 2.75) is 42.7 Å². The molecule has 2 aliphatic heterocycles. The minimum absolute atomic E-state index is 0.0979. The molecule has 5 atom stereocenters. The van der Waals surface area contributed by atoms with Crippen molar-refractivity contribution in [3.8, 4) is 0 Å². The van der Waals surface area contributed by atoms with Gasteiger partial charge in [-0.1, -0.05) is 11.6 Å². The summed E-state index contributed by atoms with van der Waals surface area (Å²) in [5.74, 6) is -1.28. The van der Waals surface area contributed by atoms with Crippen LogP contribution in [0.4, 0.5) is 23.2 Å². The Balaban J connectivity index is 1.51. The number of anilines is 1. The predicted molar refractivity (Wildman–Crippen MR) is 97.3 cm³/mol. The van der Waals surface area contributed by atoms with E-state index in [-0.39, 0.29) is 23.6 Å². The zero-order valence-corrected chi connectivity index (χ0v) is 16.0. The number of hydrogen-bond donors (Lipinski definition) is 2. The van der Waals surface area contributed by atoms with Crippen LogP contribution in [0.15, 0.2) is 36.5 Å². The average Bonchev–Trinajstić information content (AvgIpc) is 3.14. The average molecular weight is 443 g/mol. The number of aliphatic hydroxyl groups excluding tert-OH is 1. The van der Waals surface area contributed by atoms with E-state index in [1.54, 1.807) is 6.07 Å². The first-order valence-corrected chi connectivity index (χ1v) is 9.60. The zero-order valence-electron chi connectivity index (χ0n) is 15.2. The Hall–Kier alpha value is -2.23. The SMILES string of the molecule is O=C(Nc1cc(Cl)cc(C(F)(F)F)c1)C12CC1(c1ccnc(F)c1)C1OC2CC1O. The molecule has 3 heterocycles. The molecule has 1 aromatic heterocycles. The summed E-state index contributed by atoms with van der Waals surface area (Å²) in [4.78, 5) is 16.8. The van der Waals surface area contributed by atoms with Crippen molar-refractivity contribution < 1.29 is 32.2 Å². The van der Waals surface area contributed by atoms with Gasteiger partial charge in [-0.2, -0.15) is 17.6 Å². The second kappa shape index (κ2) is 6.15. The molecule has 2 N–H and O–H groups in total. The summed E-state index contributed by atoms with van der Waals surface area (Å²) >= 11 is 5.81. The summed E-state index contributed by atoms with van der Waals surface area (Å²) in [6, 6.07) is 5.57. The Morgan fingerprint density at radius 3 is 2.77 bits per heavy atom. The maximum atomic E-state index is 13.8. The van der Waals surface area contributed by atoms with Gasteiger partial charge in [0.2, 0.25) is 11.9 Å². The van der Waals surface area contributed by atoms with E-state index in [1.807, 2.05) is 0 Å². The van der Waals surface area contributed by atoms with Crippen LogP contribution in [0, 0.1) is 11.4 Å². The van der Waals surface area contributed by atoms with Gasteiger partial charge in [0.1, 0.15) is 0 Å². The number of aliphatic hydroxyl groups is 1. The summed E-state index contributed by atoms with van der Waals surface area (Å²) in [5, 5.41) is 12.7. The molecular weight excluding hydrogens is 428 g/mol. The molecule has 1 aliphatic carbocycles. The van der Waals surface area contributed by atoms with Gasteiger partial charge in [-0.05, 0) is 42.3 Å². The number of carbonyl (C=O) groups is 1. The molecular formula is C20H15ClF4N2O3. The molecule has 5 rings (SSSR count). The fraction of sp³-hybridized carbons (Fsp3) is 0.400. The maximum absolute atomic E-state index is 13.8. The van der Waals surface area contributed by atoms with Gasteiger partial charge in [0.15, 0.2) is 0 Å². The van der Waals surface area contributed by atoms with Gasteiger partial charge in [0, 0.05) is 28.7 Å². The Labute approximate surface area is 173 Å². The van der Waals surface area contributed by atoms with Crippen LogP contribution in [0.5, 0.6) is 0 Å². The van der Waals surface area contributed by atoms with Crippen LogP contribution in [0.25, 0.3) is 0 Å². The quantitative estimate of drug-likeness (QED) is 0.562. The van der Waals surface area contributed by atoms with Gasteiger partial charge >= 0.3 is 6.18 Å².